The molecule has 2 rings (SSSR count). The first-order chi connectivity index (χ1) is 9.99. The first-order valence-corrected chi connectivity index (χ1v) is 6.87. The molecule has 0 radical (unpaired) electrons. The number of nitrogens with two attached hydrogens (primary N) is 1. The van der Waals surface area contributed by atoms with Crippen molar-refractivity contribution >= 4 is 34.5 Å². The van der Waals surface area contributed by atoms with E-state index in [4.69, 9.17) is 18.0 Å². The summed E-state index contributed by atoms with van der Waals surface area (Å²) < 4.78 is 0. The lowest BCUT2D eigenvalue weighted by atomic mass is 10.1. The molecule has 5 heteroatoms. The van der Waals surface area contributed by atoms with Gasteiger partial charge in [-0.1, -0.05) is 36.5 Å². The highest BCUT2D eigenvalue weighted by atomic mass is 32.1. The molecule has 108 valence electrons. The Morgan fingerprint density at radius 1 is 1.05 bits per heavy atom. The molecular formula is C16H17N3OS. The van der Waals surface area contributed by atoms with Crippen LogP contribution in [0, 0.1) is 0 Å². The molecule has 0 saturated heterocycles. The molecule has 0 heterocycles. The van der Waals surface area contributed by atoms with Crippen molar-refractivity contribution in [1.82, 2.24) is 0 Å². The van der Waals surface area contributed by atoms with Gasteiger partial charge in [0.05, 0.1) is 11.4 Å². The summed E-state index contributed by atoms with van der Waals surface area (Å²) in [6.07, 6.45) is 0. The Morgan fingerprint density at radius 2 is 1.62 bits per heavy atom. The summed E-state index contributed by atoms with van der Waals surface area (Å²) in [5.41, 5.74) is 8.57. The van der Waals surface area contributed by atoms with Crippen LogP contribution < -0.4 is 16.0 Å². The Balaban J connectivity index is 2.20. The highest BCUT2D eigenvalue weighted by molar-refractivity contribution is 7.80. The fourth-order valence-electron chi connectivity index (χ4n) is 1.95. The van der Waals surface area contributed by atoms with Crippen molar-refractivity contribution < 1.29 is 4.79 Å². The third-order valence-corrected chi connectivity index (χ3v) is 3.30. The van der Waals surface area contributed by atoms with Gasteiger partial charge in [0.15, 0.2) is 0 Å². The lowest BCUT2D eigenvalue weighted by Crippen LogP contribution is -2.17. The second kappa shape index (κ2) is 6.37. The summed E-state index contributed by atoms with van der Waals surface area (Å²) in [7, 11) is 3.87. The largest absolute Gasteiger partial charge is 0.389 e. The minimum absolute atomic E-state index is 0.168. The monoisotopic (exact) mass is 299 g/mol. The molecule has 0 saturated carbocycles. The zero-order valence-electron chi connectivity index (χ0n) is 12.0. The van der Waals surface area contributed by atoms with Crippen LogP contribution in [0.25, 0.3) is 0 Å². The predicted molar refractivity (Wildman–Crippen MR) is 91.1 cm³/mol. The maximum absolute atomic E-state index is 12.3. The molecule has 3 N–H and O–H groups in total. The van der Waals surface area contributed by atoms with Crippen molar-refractivity contribution in [3.05, 3.63) is 59.7 Å². The third-order valence-electron chi connectivity index (χ3n) is 3.07. The van der Waals surface area contributed by atoms with Gasteiger partial charge in [0, 0.05) is 25.2 Å². The Hall–Kier alpha value is -2.40. The van der Waals surface area contributed by atoms with Gasteiger partial charge in [-0.15, -0.1) is 0 Å². The number of anilines is 2. The van der Waals surface area contributed by atoms with E-state index in [1.54, 1.807) is 24.3 Å². The molecule has 0 aliphatic rings. The van der Waals surface area contributed by atoms with Gasteiger partial charge in [0.1, 0.15) is 4.99 Å². The molecule has 0 spiro atoms. The lowest BCUT2D eigenvalue weighted by molar-refractivity contribution is 0.102. The molecule has 0 aliphatic carbocycles. The molecule has 0 aromatic heterocycles. The quantitative estimate of drug-likeness (QED) is 0.852. The van der Waals surface area contributed by atoms with Crippen molar-refractivity contribution in [3.8, 4) is 0 Å². The zero-order valence-corrected chi connectivity index (χ0v) is 12.8. The molecule has 2 aromatic rings. The fraction of sp³-hybridized carbons (Fsp3) is 0.125. The van der Waals surface area contributed by atoms with Crippen LogP contribution in [-0.2, 0) is 0 Å². The Labute approximate surface area is 129 Å². The molecular weight excluding hydrogens is 282 g/mol. The van der Waals surface area contributed by atoms with Gasteiger partial charge >= 0.3 is 0 Å². The number of carbonyl (C=O) groups is 1. The third kappa shape index (κ3) is 3.58. The summed E-state index contributed by atoms with van der Waals surface area (Å²) >= 11 is 4.89. The number of benzene rings is 2. The maximum atomic E-state index is 12.3. The summed E-state index contributed by atoms with van der Waals surface area (Å²) in [6, 6.07) is 14.6. The van der Waals surface area contributed by atoms with E-state index in [1.807, 2.05) is 43.3 Å². The average Bonchev–Trinajstić information content (AvgIpc) is 2.47. The van der Waals surface area contributed by atoms with Crippen LogP contribution in [0.4, 0.5) is 11.4 Å². The van der Waals surface area contributed by atoms with Crippen LogP contribution in [0.15, 0.2) is 48.5 Å². The van der Waals surface area contributed by atoms with Crippen molar-refractivity contribution in [2.45, 2.75) is 0 Å². The number of carbonyl (C=O) groups excluding carboxylic acids is 1. The van der Waals surface area contributed by atoms with E-state index < -0.39 is 0 Å². The van der Waals surface area contributed by atoms with Gasteiger partial charge in [-0.3, -0.25) is 4.79 Å². The summed E-state index contributed by atoms with van der Waals surface area (Å²) in [4.78, 5) is 14.5. The van der Waals surface area contributed by atoms with Crippen LogP contribution in [0.3, 0.4) is 0 Å². The van der Waals surface area contributed by atoms with E-state index >= 15 is 0 Å². The number of amides is 1. The van der Waals surface area contributed by atoms with Gasteiger partial charge in [-0.05, 0) is 24.3 Å². The smallest absolute Gasteiger partial charge is 0.255 e. The van der Waals surface area contributed by atoms with Crippen molar-refractivity contribution in [3.63, 3.8) is 0 Å². The molecule has 1 amide bonds. The molecule has 0 aliphatic heterocycles. The molecule has 21 heavy (non-hydrogen) atoms. The van der Waals surface area contributed by atoms with E-state index in [2.05, 4.69) is 5.32 Å². The highest BCUT2D eigenvalue weighted by Crippen LogP contribution is 2.24. The van der Waals surface area contributed by atoms with Gasteiger partial charge in [0.2, 0.25) is 0 Å². The van der Waals surface area contributed by atoms with E-state index in [1.165, 1.54) is 0 Å². The van der Waals surface area contributed by atoms with Gasteiger partial charge in [-0.2, -0.15) is 0 Å². The number of hydrogen-bond acceptors (Lipinski definition) is 3. The second-order valence-corrected chi connectivity index (χ2v) is 5.25. The SMILES string of the molecule is CN(C)c1ccccc1NC(=O)c1ccc(C(N)=S)cc1. The van der Waals surface area contributed by atoms with Crippen LogP contribution in [0.1, 0.15) is 15.9 Å². The zero-order chi connectivity index (χ0) is 15.4. The Kier molecular flexibility index (Phi) is 4.55. The first kappa shape index (κ1) is 15.0. The van der Waals surface area contributed by atoms with Gasteiger partial charge in [-0.25, -0.2) is 0 Å². The van der Waals surface area contributed by atoms with E-state index in [0.29, 0.717) is 10.6 Å². The Morgan fingerprint density at radius 3 is 2.19 bits per heavy atom. The van der Waals surface area contributed by atoms with Crippen molar-refractivity contribution in [1.29, 1.82) is 0 Å². The Bertz CT molecular complexity index is 665. The number of para-hydroxylation sites is 2. The molecule has 0 unspecified atom stereocenters. The van der Waals surface area contributed by atoms with E-state index in [9.17, 15) is 4.79 Å². The molecule has 4 nitrogen and oxygen atoms in total. The number of nitrogens with zero attached hydrogens (tertiary/aromatic N) is 1. The van der Waals surface area contributed by atoms with Crippen LogP contribution in [0.5, 0.6) is 0 Å². The number of hydrogen-bond donors (Lipinski definition) is 2. The topological polar surface area (TPSA) is 58.4 Å². The minimum Gasteiger partial charge on any atom is -0.389 e. The van der Waals surface area contributed by atoms with Crippen LogP contribution >= 0.6 is 12.2 Å². The lowest BCUT2D eigenvalue weighted by Gasteiger charge is -2.17. The van der Waals surface area contributed by atoms with Crippen molar-refractivity contribution in [2.24, 2.45) is 5.73 Å². The summed E-state index contributed by atoms with van der Waals surface area (Å²) in [6.45, 7) is 0. The molecule has 0 bridgehead atoms. The highest BCUT2D eigenvalue weighted by Gasteiger charge is 2.10. The van der Waals surface area contributed by atoms with Crippen LogP contribution in [0.2, 0.25) is 0 Å². The molecule has 0 atom stereocenters. The van der Waals surface area contributed by atoms with E-state index in [-0.39, 0.29) is 5.91 Å². The van der Waals surface area contributed by atoms with E-state index in [0.717, 1.165) is 16.9 Å². The molecule has 0 fully saturated rings. The first-order valence-electron chi connectivity index (χ1n) is 6.46. The number of rotatable bonds is 4. The standard InChI is InChI=1S/C16H17N3OS/c1-19(2)14-6-4-3-5-13(14)18-16(20)12-9-7-11(8-10-12)15(17)21/h3-10H,1-2H3,(H2,17,21)(H,18,20). The summed E-state index contributed by atoms with van der Waals surface area (Å²) in [5, 5.41) is 2.91. The van der Waals surface area contributed by atoms with Gasteiger partial charge < -0.3 is 16.0 Å². The normalized spacial score (nSPS) is 10.0. The maximum Gasteiger partial charge on any atom is 0.255 e. The van der Waals surface area contributed by atoms with Crippen molar-refractivity contribution in [2.75, 3.05) is 24.3 Å². The number of thiocarbonyl (C=S) groups is 1. The predicted octanol–water partition coefficient (Wildman–Crippen LogP) is 2.64. The minimum atomic E-state index is -0.168. The summed E-state index contributed by atoms with van der Waals surface area (Å²) in [5.74, 6) is -0.168. The second-order valence-electron chi connectivity index (χ2n) is 4.81. The van der Waals surface area contributed by atoms with Gasteiger partial charge in [0.25, 0.3) is 5.91 Å². The molecule has 2 aromatic carbocycles. The fourth-order valence-corrected chi connectivity index (χ4v) is 2.09. The van der Waals surface area contributed by atoms with Crippen LogP contribution in [-0.4, -0.2) is 25.0 Å². The number of nitrogens with one attached hydrogen (secondary N) is 1. The average molecular weight is 299 g/mol.